The minimum absolute atomic E-state index is 0.363. The summed E-state index contributed by atoms with van der Waals surface area (Å²) in [6, 6.07) is 9.59. The first-order valence-electron chi connectivity index (χ1n) is 6.84. The van der Waals surface area contributed by atoms with E-state index in [9.17, 15) is 8.78 Å². The van der Waals surface area contributed by atoms with Crippen LogP contribution in [0.4, 0.5) is 8.78 Å². The molecule has 2 aromatic carbocycles. The number of methoxy groups -OCH3 is 1. The van der Waals surface area contributed by atoms with Gasteiger partial charge < -0.3 is 15.0 Å². The van der Waals surface area contributed by atoms with Crippen molar-refractivity contribution >= 4 is 11.0 Å². The van der Waals surface area contributed by atoms with Crippen LogP contribution in [0.5, 0.6) is 5.75 Å². The Kier molecular flexibility index (Phi) is 3.77. The van der Waals surface area contributed by atoms with Crippen LogP contribution in [0.1, 0.15) is 0 Å². The van der Waals surface area contributed by atoms with Gasteiger partial charge >= 0.3 is 0 Å². The summed E-state index contributed by atoms with van der Waals surface area (Å²) < 4.78 is 34.0. The van der Waals surface area contributed by atoms with Crippen LogP contribution in [0.3, 0.4) is 0 Å². The van der Waals surface area contributed by atoms with E-state index in [2.05, 4.69) is 4.98 Å². The Morgan fingerprint density at radius 3 is 2.68 bits per heavy atom. The zero-order valence-corrected chi connectivity index (χ0v) is 12.0. The predicted molar refractivity (Wildman–Crippen MR) is 80.7 cm³/mol. The predicted octanol–water partition coefficient (Wildman–Crippen LogP) is 2.95. The fraction of sp³-hybridized carbons (Fsp3) is 0.188. The van der Waals surface area contributed by atoms with Crippen LogP contribution >= 0.6 is 0 Å². The van der Waals surface area contributed by atoms with Gasteiger partial charge in [0.1, 0.15) is 11.6 Å². The van der Waals surface area contributed by atoms with Crippen molar-refractivity contribution in [3.8, 4) is 17.1 Å². The standard InChI is InChI=1S/C16H15F2N3O/c1-22-11-4-2-3-10(7-11)16-20-14-8-12(17)13(18)9-15(14)21(16)6-5-19/h2-4,7-9H,5-6,19H2,1H3. The number of rotatable bonds is 4. The maximum Gasteiger partial charge on any atom is 0.161 e. The van der Waals surface area contributed by atoms with Crippen molar-refractivity contribution in [2.75, 3.05) is 13.7 Å². The zero-order valence-electron chi connectivity index (χ0n) is 12.0. The number of aromatic nitrogens is 2. The minimum Gasteiger partial charge on any atom is -0.497 e. The van der Waals surface area contributed by atoms with Gasteiger partial charge in [0.05, 0.1) is 18.1 Å². The Morgan fingerprint density at radius 1 is 1.18 bits per heavy atom. The quantitative estimate of drug-likeness (QED) is 0.806. The van der Waals surface area contributed by atoms with Crippen LogP contribution in [0.15, 0.2) is 36.4 Å². The fourth-order valence-corrected chi connectivity index (χ4v) is 2.46. The molecule has 0 spiro atoms. The van der Waals surface area contributed by atoms with Crippen LogP contribution in [-0.4, -0.2) is 23.2 Å². The lowest BCUT2D eigenvalue weighted by molar-refractivity contribution is 0.415. The molecule has 114 valence electrons. The largest absolute Gasteiger partial charge is 0.497 e. The monoisotopic (exact) mass is 303 g/mol. The number of ether oxygens (including phenoxy) is 1. The van der Waals surface area contributed by atoms with Crippen LogP contribution < -0.4 is 10.5 Å². The number of hydrogen-bond acceptors (Lipinski definition) is 3. The van der Waals surface area contributed by atoms with E-state index in [-0.39, 0.29) is 0 Å². The van der Waals surface area contributed by atoms with Crippen molar-refractivity contribution in [2.24, 2.45) is 5.73 Å². The molecule has 0 atom stereocenters. The van der Waals surface area contributed by atoms with E-state index >= 15 is 0 Å². The zero-order chi connectivity index (χ0) is 15.7. The summed E-state index contributed by atoms with van der Waals surface area (Å²) in [6.45, 7) is 0.815. The second kappa shape index (κ2) is 5.73. The van der Waals surface area contributed by atoms with Gasteiger partial charge in [-0.2, -0.15) is 0 Å². The highest BCUT2D eigenvalue weighted by molar-refractivity contribution is 5.81. The topological polar surface area (TPSA) is 53.1 Å². The molecule has 0 unspecified atom stereocenters. The average Bonchev–Trinajstić information content (AvgIpc) is 2.86. The van der Waals surface area contributed by atoms with E-state index in [0.29, 0.717) is 35.7 Å². The van der Waals surface area contributed by atoms with Crippen molar-refractivity contribution in [3.63, 3.8) is 0 Å². The molecule has 0 bridgehead atoms. The van der Waals surface area contributed by atoms with Gasteiger partial charge in [0.2, 0.25) is 0 Å². The van der Waals surface area contributed by atoms with Crippen LogP contribution in [-0.2, 0) is 6.54 Å². The lowest BCUT2D eigenvalue weighted by Gasteiger charge is -2.09. The van der Waals surface area contributed by atoms with Crippen LogP contribution in [0.2, 0.25) is 0 Å². The maximum absolute atomic E-state index is 13.5. The molecular formula is C16H15F2N3O. The van der Waals surface area contributed by atoms with Crippen molar-refractivity contribution in [3.05, 3.63) is 48.0 Å². The summed E-state index contributed by atoms with van der Waals surface area (Å²) >= 11 is 0. The summed E-state index contributed by atoms with van der Waals surface area (Å²) in [5.41, 5.74) is 7.35. The summed E-state index contributed by atoms with van der Waals surface area (Å²) in [7, 11) is 1.58. The van der Waals surface area contributed by atoms with Gasteiger partial charge in [-0.05, 0) is 12.1 Å². The molecule has 22 heavy (non-hydrogen) atoms. The molecule has 0 aliphatic rings. The molecule has 0 aliphatic carbocycles. The third-order valence-corrected chi connectivity index (χ3v) is 3.47. The normalized spacial score (nSPS) is 11.1. The van der Waals surface area contributed by atoms with Gasteiger partial charge in [-0.3, -0.25) is 0 Å². The van der Waals surface area contributed by atoms with Gasteiger partial charge in [0, 0.05) is 30.8 Å². The van der Waals surface area contributed by atoms with Gasteiger partial charge in [0.15, 0.2) is 11.6 Å². The number of nitrogens with two attached hydrogens (primary N) is 1. The third-order valence-electron chi connectivity index (χ3n) is 3.47. The molecule has 3 rings (SSSR count). The molecule has 4 nitrogen and oxygen atoms in total. The number of fused-ring (bicyclic) bond motifs is 1. The Bertz CT molecular complexity index is 830. The van der Waals surface area contributed by atoms with Crippen molar-refractivity contribution in [2.45, 2.75) is 6.54 Å². The fourth-order valence-electron chi connectivity index (χ4n) is 2.46. The van der Waals surface area contributed by atoms with Gasteiger partial charge in [-0.15, -0.1) is 0 Å². The van der Waals surface area contributed by atoms with Gasteiger partial charge in [-0.1, -0.05) is 12.1 Å². The summed E-state index contributed by atoms with van der Waals surface area (Å²) in [5, 5.41) is 0. The number of imidazole rings is 1. The molecule has 0 amide bonds. The first kappa shape index (κ1) is 14.5. The average molecular weight is 303 g/mol. The lowest BCUT2D eigenvalue weighted by atomic mass is 10.2. The number of nitrogens with zero attached hydrogens (tertiary/aromatic N) is 2. The lowest BCUT2D eigenvalue weighted by Crippen LogP contribution is -2.11. The van der Waals surface area contributed by atoms with Crippen molar-refractivity contribution in [1.29, 1.82) is 0 Å². The molecule has 2 N–H and O–H groups in total. The van der Waals surface area contributed by atoms with Crippen LogP contribution in [0, 0.1) is 11.6 Å². The molecule has 0 aliphatic heterocycles. The van der Waals surface area contributed by atoms with E-state index in [0.717, 1.165) is 17.7 Å². The Labute approximate surface area is 126 Å². The second-order valence-electron chi connectivity index (χ2n) is 4.86. The van der Waals surface area contributed by atoms with Crippen molar-refractivity contribution < 1.29 is 13.5 Å². The number of halogens is 2. The van der Waals surface area contributed by atoms with Crippen LogP contribution in [0.25, 0.3) is 22.4 Å². The molecule has 0 saturated heterocycles. The summed E-state index contributed by atoms with van der Waals surface area (Å²) in [4.78, 5) is 4.42. The Morgan fingerprint density at radius 2 is 1.95 bits per heavy atom. The molecule has 6 heteroatoms. The summed E-state index contributed by atoms with van der Waals surface area (Å²) in [5.74, 6) is -0.532. The van der Waals surface area contributed by atoms with E-state index < -0.39 is 11.6 Å². The first-order valence-corrected chi connectivity index (χ1v) is 6.84. The van der Waals surface area contributed by atoms with Gasteiger partial charge in [-0.25, -0.2) is 13.8 Å². The molecule has 3 aromatic rings. The molecule has 0 fully saturated rings. The molecule has 0 saturated carbocycles. The second-order valence-corrected chi connectivity index (χ2v) is 4.86. The smallest absolute Gasteiger partial charge is 0.161 e. The van der Waals surface area contributed by atoms with Crippen molar-refractivity contribution in [1.82, 2.24) is 9.55 Å². The summed E-state index contributed by atoms with van der Waals surface area (Å²) in [6.07, 6.45) is 0. The number of benzene rings is 2. The first-order chi connectivity index (χ1) is 10.6. The molecule has 1 aromatic heterocycles. The highest BCUT2D eigenvalue weighted by Gasteiger charge is 2.15. The molecule has 1 heterocycles. The SMILES string of the molecule is COc1cccc(-c2nc3cc(F)c(F)cc3n2CCN)c1. The van der Waals surface area contributed by atoms with Gasteiger partial charge in [0.25, 0.3) is 0 Å². The minimum atomic E-state index is -0.915. The molecular weight excluding hydrogens is 288 g/mol. The molecule has 0 radical (unpaired) electrons. The number of hydrogen-bond donors (Lipinski definition) is 1. The Balaban J connectivity index is 2.25. The van der Waals surface area contributed by atoms with E-state index in [1.165, 1.54) is 0 Å². The van der Waals surface area contributed by atoms with E-state index in [1.807, 2.05) is 24.3 Å². The highest BCUT2D eigenvalue weighted by Crippen LogP contribution is 2.28. The maximum atomic E-state index is 13.5. The Hall–Kier alpha value is -2.47. The third kappa shape index (κ3) is 2.42. The van der Waals surface area contributed by atoms with E-state index in [1.54, 1.807) is 11.7 Å². The highest BCUT2D eigenvalue weighted by atomic mass is 19.2. The van der Waals surface area contributed by atoms with E-state index in [4.69, 9.17) is 10.5 Å².